The van der Waals surface area contributed by atoms with Crippen LogP contribution in [0.15, 0.2) is 0 Å². The van der Waals surface area contributed by atoms with Gasteiger partial charge < -0.3 is 5.32 Å². The van der Waals surface area contributed by atoms with Crippen LogP contribution in [0.3, 0.4) is 0 Å². The molecular weight excluding hydrogens is 245 g/mol. The first kappa shape index (κ1) is 14.8. The molecule has 3 unspecified atom stereocenters. The van der Waals surface area contributed by atoms with E-state index in [4.69, 9.17) is 5.26 Å². The lowest BCUT2D eigenvalue weighted by atomic mass is 9.78. The highest BCUT2D eigenvalue weighted by Crippen LogP contribution is 2.41. The average Bonchev–Trinajstić information content (AvgIpc) is 2.34. The smallest absolute Gasteiger partial charge is 0.355 e. The predicted octanol–water partition coefficient (Wildman–Crippen LogP) is 2.63. The monoisotopic (exact) mass is 262 g/mol. The molecule has 1 fully saturated rings. The Labute approximate surface area is 104 Å². The second-order valence-electron chi connectivity index (χ2n) is 4.81. The SMILES string of the molecule is CC(C#N)CNC(=O)C1CCCCC1C(F)(F)F. The third-order valence-corrected chi connectivity index (χ3v) is 3.33. The Hall–Kier alpha value is -1.25. The number of nitrogens with one attached hydrogen (secondary N) is 1. The van der Waals surface area contributed by atoms with Crippen molar-refractivity contribution in [2.45, 2.75) is 38.8 Å². The molecular formula is C12H17F3N2O. The minimum absolute atomic E-state index is 0.0232. The zero-order valence-corrected chi connectivity index (χ0v) is 10.3. The van der Waals surface area contributed by atoms with Crippen LogP contribution in [-0.2, 0) is 4.79 Å². The summed E-state index contributed by atoms with van der Waals surface area (Å²) < 4.78 is 38.4. The van der Waals surface area contributed by atoms with Gasteiger partial charge in [0, 0.05) is 12.5 Å². The fourth-order valence-corrected chi connectivity index (χ4v) is 2.27. The lowest BCUT2D eigenvalue weighted by Crippen LogP contribution is -2.43. The van der Waals surface area contributed by atoms with Gasteiger partial charge in [0.1, 0.15) is 0 Å². The van der Waals surface area contributed by atoms with E-state index in [0.717, 1.165) is 0 Å². The van der Waals surface area contributed by atoms with E-state index in [1.165, 1.54) is 0 Å². The van der Waals surface area contributed by atoms with Gasteiger partial charge in [-0.1, -0.05) is 12.8 Å². The first-order valence-electron chi connectivity index (χ1n) is 6.10. The van der Waals surface area contributed by atoms with Gasteiger partial charge in [-0.3, -0.25) is 4.79 Å². The Kier molecular flexibility index (Phi) is 5.00. The molecule has 1 amide bonds. The second-order valence-corrected chi connectivity index (χ2v) is 4.81. The molecule has 1 aliphatic carbocycles. The predicted molar refractivity (Wildman–Crippen MR) is 59.3 cm³/mol. The topological polar surface area (TPSA) is 52.9 Å². The molecule has 18 heavy (non-hydrogen) atoms. The number of carbonyl (C=O) groups excluding carboxylic acids is 1. The van der Waals surface area contributed by atoms with E-state index in [1.54, 1.807) is 6.92 Å². The Morgan fingerprint density at radius 1 is 1.44 bits per heavy atom. The summed E-state index contributed by atoms with van der Waals surface area (Å²) in [6.07, 6.45) is -2.85. The number of hydrogen-bond donors (Lipinski definition) is 1. The Morgan fingerprint density at radius 3 is 2.61 bits per heavy atom. The molecule has 0 spiro atoms. The highest BCUT2D eigenvalue weighted by Gasteiger charge is 2.47. The highest BCUT2D eigenvalue weighted by atomic mass is 19.4. The van der Waals surface area contributed by atoms with Crippen molar-refractivity contribution in [1.82, 2.24) is 5.32 Å². The largest absolute Gasteiger partial charge is 0.392 e. The van der Waals surface area contributed by atoms with Crippen LogP contribution in [0.25, 0.3) is 0 Å². The van der Waals surface area contributed by atoms with Gasteiger partial charge >= 0.3 is 6.18 Å². The zero-order valence-electron chi connectivity index (χ0n) is 10.3. The van der Waals surface area contributed by atoms with Crippen molar-refractivity contribution in [3.8, 4) is 6.07 Å². The van der Waals surface area contributed by atoms with Crippen LogP contribution in [0.1, 0.15) is 32.6 Å². The molecule has 3 nitrogen and oxygen atoms in total. The van der Waals surface area contributed by atoms with Gasteiger partial charge in [0.05, 0.1) is 17.9 Å². The quantitative estimate of drug-likeness (QED) is 0.850. The molecule has 0 saturated heterocycles. The van der Waals surface area contributed by atoms with Gasteiger partial charge in [-0.15, -0.1) is 0 Å². The summed E-state index contributed by atoms with van der Waals surface area (Å²) in [6.45, 7) is 1.72. The van der Waals surface area contributed by atoms with E-state index in [9.17, 15) is 18.0 Å². The lowest BCUT2D eigenvalue weighted by molar-refractivity contribution is -0.198. The van der Waals surface area contributed by atoms with Crippen molar-refractivity contribution in [1.29, 1.82) is 5.26 Å². The second kappa shape index (κ2) is 6.07. The summed E-state index contributed by atoms with van der Waals surface area (Å²) in [6, 6.07) is 1.93. The van der Waals surface area contributed by atoms with E-state index in [0.29, 0.717) is 12.8 Å². The standard InChI is InChI=1S/C12H17F3N2O/c1-8(6-16)7-17-11(18)9-4-2-3-5-10(9)12(13,14)15/h8-10H,2-5,7H2,1H3,(H,17,18). The molecule has 6 heteroatoms. The Morgan fingerprint density at radius 2 is 2.06 bits per heavy atom. The zero-order chi connectivity index (χ0) is 13.8. The molecule has 0 aromatic heterocycles. The van der Waals surface area contributed by atoms with E-state index in [-0.39, 0.29) is 25.3 Å². The molecule has 0 heterocycles. The van der Waals surface area contributed by atoms with Crippen LogP contribution in [0.2, 0.25) is 0 Å². The van der Waals surface area contributed by atoms with Crippen LogP contribution >= 0.6 is 0 Å². The third kappa shape index (κ3) is 3.90. The number of amides is 1. The minimum Gasteiger partial charge on any atom is -0.355 e. The molecule has 1 rings (SSSR count). The maximum Gasteiger partial charge on any atom is 0.392 e. The van der Waals surface area contributed by atoms with Crippen molar-refractivity contribution in [3.05, 3.63) is 0 Å². The number of alkyl halides is 3. The number of halogens is 3. The maximum atomic E-state index is 12.8. The molecule has 0 radical (unpaired) electrons. The highest BCUT2D eigenvalue weighted by molar-refractivity contribution is 5.79. The van der Waals surface area contributed by atoms with Crippen LogP contribution in [-0.4, -0.2) is 18.6 Å². The van der Waals surface area contributed by atoms with Gasteiger partial charge in [0.15, 0.2) is 0 Å². The van der Waals surface area contributed by atoms with E-state index >= 15 is 0 Å². The van der Waals surface area contributed by atoms with Crippen LogP contribution < -0.4 is 5.32 Å². The van der Waals surface area contributed by atoms with Gasteiger partial charge in [-0.2, -0.15) is 18.4 Å². The van der Waals surface area contributed by atoms with Crippen molar-refractivity contribution in [3.63, 3.8) is 0 Å². The summed E-state index contributed by atoms with van der Waals surface area (Å²) in [5, 5.41) is 11.0. The minimum atomic E-state index is -4.32. The number of carbonyl (C=O) groups is 1. The summed E-state index contributed by atoms with van der Waals surface area (Å²) >= 11 is 0. The maximum absolute atomic E-state index is 12.8. The molecule has 1 N–H and O–H groups in total. The first-order valence-corrected chi connectivity index (χ1v) is 6.10. The summed E-state index contributed by atoms with van der Waals surface area (Å²) in [7, 11) is 0. The normalized spacial score (nSPS) is 26.2. The molecule has 0 aromatic rings. The van der Waals surface area contributed by atoms with Gasteiger partial charge in [0.25, 0.3) is 0 Å². The number of nitrogens with zero attached hydrogens (tertiary/aromatic N) is 1. The average molecular weight is 262 g/mol. The number of rotatable bonds is 3. The molecule has 1 aliphatic rings. The van der Waals surface area contributed by atoms with Crippen molar-refractivity contribution >= 4 is 5.91 Å². The Bertz CT molecular complexity index is 335. The van der Waals surface area contributed by atoms with Gasteiger partial charge in [0.2, 0.25) is 5.91 Å². The first-order chi connectivity index (χ1) is 8.36. The van der Waals surface area contributed by atoms with Gasteiger partial charge in [-0.25, -0.2) is 0 Å². The van der Waals surface area contributed by atoms with Crippen LogP contribution in [0, 0.1) is 29.1 Å². The molecule has 3 atom stereocenters. The number of nitriles is 1. The molecule has 102 valence electrons. The Balaban J connectivity index is 2.61. The number of hydrogen-bond acceptors (Lipinski definition) is 2. The van der Waals surface area contributed by atoms with E-state index in [1.807, 2.05) is 6.07 Å². The lowest BCUT2D eigenvalue weighted by Gasteiger charge is -2.32. The molecule has 1 saturated carbocycles. The molecule has 0 bridgehead atoms. The summed E-state index contributed by atoms with van der Waals surface area (Å²) in [5.41, 5.74) is 0. The van der Waals surface area contributed by atoms with Gasteiger partial charge in [-0.05, 0) is 19.8 Å². The van der Waals surface area contributed by atoms with Crippen LogP contribution in [0.5, 0.6) is 0 Å². The summed E-state index contributed by atoms with van der Waals surface area (Å²) in [5.74, 6) is -3.49. The van der Waals surface area contributed by atoms with Crippen molar-refractivity contribution in [2.75, 3.05) is 6.54 Å². The fraction of sp³-hybridized carbons (Fsp3) is 0.833. The molecule has 0 aromatic carbocycles. The van der Waals surface area contributed by atoms with E-state index < -0.39 is 23.9 Å². The molecule has 0 aliphatic heterocycles. The fourth-order valence-electron chi connectivity index (χ4n) is 2.27. The van der Waals surface area contributed by atoms with Crippen molar-refractivity contribution in [2.24, 2.45) is 17.8 Å². The summed E-state index contributed by atoms with van der Waals surface area (Å²) in [4.78, 5) is 11.8. The van der Waals surface area contributed by atoms with Crippen molar-refractivity contribution < 1.29 is 18.0 Å². The third-order valence-electron chi connectivity index (χ3n) is 3.33. The van der Waals surface area contributed by atoms with Crippen LogP contribution in [0.4, 0.5) is 13.2 Å². The van der Waals surface area contributed by atoms with E-state index in [2.05, 4.69) is 5.32 Å².